The number of hydrogen-bond acceptors (Lipinski definition) is 4. The van der Waals surface area contributed by atoms with E-state index in [2.05, 4.69) is 19.1 Å². The van der Waals surface area contributed by atoms with Gasteiger partial charge in [-0.2, -0.15) is 10.5 Å². The highest BCUT2D eigenvalue weighted by molar-refractivity contribution is 7.89. The van der Waals surface area contributed by atoms with Crippen LogP contribution in [0.3, 0.4) is 0 Å². The fourth-order valence-corrected chi connectivity index (χ4v) is 6.51. The average Bonchev–Trinajstić information content (AvgIpc) is 2.88. The summed E-state index contributed by atoms with van der Waals surface area (Å²) < 4.78 is 28.1. The molecule has 0 aliphatic heterocycles. The number of unbranched alkanes of at least 4 members (excludes halogenated alkanes) is 22. The van der Waals surface area contributed by atoms with Crippen LogP contribution in [-0.4, -0.2) is 31.6 Å². The Morgan fingerprint density at radius 1 is 0.486 bits per heavy atom. The van der Waals surface area contributed by atoms with Crippen molar-refractivity contribution in [3.8, 4) is 12.1 Å². The van der Waals surface area contributed by atoms with Crippen LogP contribution in [0.1, 0.15) is 167 Å². The topological polar surface area (TPSA) is 85.0 Å². The number of sulfonamides is 1. The second kappa shape index (κ2) is 27.9. The molecule has 0 unspecified atom stereocenters. The third-order valence-electron chi connectivity index (χ3n) is 7.29. The lowest BCUT2D eigenvalue weighted by Gasteiger charge is -2.22. The Hall–Kier alpha value is -1.11. The molecule has 0 saturated heterocycles. The highest BCUT2D eigenvalue weighted by Crippen LogP contribution is 2.16. The van der Waals surface area contributed by atoms with Crippen molar-refractivity contribution in [3.63, 3.8) is 0 Å². The molecular formula is C31H59N3O2S. The van der Waals surface area contributed by atoms with Crippen LogP contribution in [0, 0.1) is 22.7 Å². The maximum atomic E-state index is 13.1. The van der Waals surface area contributed by atoms with Gasteiger partial charge in [-0.25, -0.2) is 12.7 Å². The van der Waals surface area contributed by atoms with Crippen LogP contribution in [0.15, 0.2) is 0 Å². The quantitative estimate of drug-likeness (QED) is 0.0889. The van der Waals surface area contributed by atoms with Crippen LogP contribution in [0.25, 0.3) is 0 Å². The van der Waals surface area contributed by atoms with E-state index < -0.39 is 10.0 Å². The molecule has 0 aromatic rings. The predicted octanol–water partition coefficient (Wildman–Crippen LogP) is 9.44. The van der Waals surface area contributed by atoms with E-state index in [0.29, 0.717) is 31.7 Å². The lowest BCUT2D eigenvalue weighted by atomic mass is 10.1. The lowest BCUT2D eigenvalue weighted by molar-refractivity contribution is 0.382. The van der Waals surface area contributed by atoms with E-state index in [-0.39, 0.29) is 0 Å². The molecule has 216 valence electrons. The Kier molecular flexibility index (Phi) is 27.1. The van der Waals surface area contributed by atoms with Gasteiger partial charge in [-0.3, -0.25) is 0 Å². The van der Waals surface area contributed by atoms with Crippen molar-refractivity contribution < 1.29 is 8.42 Å². The Labute approximate surface area is 231 Å². The van der Waals surface area contributed by atoms with Gasteiger partial charge in [0.15, 0.2) is 0 Å². The van der Waals surface area contributed by atoms with Crippen LogP contribution in [0.2, 0.25) is 0 Å². The predicted molar refractivity (Wildman–Crippen MR) is 158 cm³/mol. The number of nitrogens with zero attached hydrogens (tertiary/aromatic N) is 3. The Morgan fingerprint density at radius 3 is 1.19 bits per heavy atom. The first-order valence-electron chi connectivity index (χ1n) is 15.8. The van der Waals surface area contributed by atoms with Crippen molar-refractivity contribution in [2.24, 2.45) is 0 Å². The SMILES string of the molecule is CCCCCCCCCS(=O)(=O)N(CCCCCCCCCCC#N)CCCCCCCCCCC#N. The summed E-state index contributed by atoms with van der Waals surface area (Å²) in [7, 11) is -3.16. The van der Waals surface area contributed by atoms with Crippen LogP contribution >= 0.6 is 0 Å². The first-order valence-corrected chi connectivity index (χ1v) is 17.4. The van der Waals surface area contributed by atoms with E-state index in [1.165, 1.54) is 77.0 Å². The fraction of sp³-hybridized carbons (Fsp3) is 0.935. The summed E-state index contributed by atoms with van der Waals surface area (Å²) in [5.74, 6) is 0.312. The summed E-state index contributed by atoms with van der Waals surface area (Å²) in [6.45, 7) is 3.58. The van der Waals surface area contributed by atoms with Crippen LogP contribution in [-0.2, 0) is 10.0 Å². The van der Waals surface area contributed by atoms with E-state index in [1.54, 1.807) is 0 Å². The molecule has 0 heterocycles. The highest BCUT2D eigenvalue weighted by atomic mass is 32.2. The smallest absolute Gasteiger partial charge is 0.212 e. The average molecular weight is 538 g/mol. The molecule has 0 amide bonds. The molecule has 0 aromatic carbocycles. The van der Waals surface area contributed by atoms with Gasteiger partial charge in [0, 0.05) is 25.9 Å². The molecule has 0 aromatic heterocycles. The van der Waals surface area contributed by atoms with E-state index >= 15 is 0 Å². The summed E-state index contributed by atoms with van der Waals surface area (Å²) in [6.07, 6.45) is 27.5. The van der Waals surface area contributed by atoms with Gasteiger partial charge in [0.25, 0.3) is 0 Å². The molecule has 6 heteroatoms. The molecule has 0 radical (unpaired) electrons. The summed E-state index contributed by atoms with van der Waals surface area (Å²) in [5, 5.41) is 17.2. The summed E-state index contributed by atoms with van der Waals surface area (Å²) in [5.41, 5.74) is 0. The molecule has 0 atom stereocenters. The van der Waals surface area contributed by atoms with Crippen molar-refractivity contribution in [2.45, 2.75) is 167 Å². The minimum Gasteiger partial charge on any atom is -0.212 e. The first-order chi connectivity index (χ1) is 18.1. The van der Waals surface area contributed by atoms with Gasteiger partial charge in [-0.05, 0) is 32.1 Å². The van der Waals surface area contributed by atoms with Crippen molar-refractivity contribution in [1.29, 1.82) is 10.5 Å². The molecule has 0 rings (SSSR count). The van der Waals surface area contributed by atoms with Gasteiger partial charge in [-0.15, -0.1) is 0 Å². The van der Waals surface area contributed by atoms with E-state index in [0.717, 1.165) is 70.6 Å². The van der Waals surface area contributed by atoms with E-state index in [9.17, 15) is 8.42 Å². The monoisotopic (exact) mass is 537 g/mol. The Morgan fingerprint density at radius 2 is 0.811 bits per heavy atom. The van der Waals surface area contributed by atoms with E-state index in [4.69, 9.17) is 10.5 Å². The van der Waals surface area contributed by atoms with Gasteiger partial charge in [0.2, 0.25) is 10.0 Å². The minimum absolute atomic E-state index is 0.312. The van der Waals surface area contributed by atoms with Gasteiger partial charge >= 0.3 is 0 Å². The molecule has 0 N–H and O–H groups in total. The molecule has 0 saturated carbocycles. The normalized spacial score (nSPS) is 11.6. The van der Waals surface area contributed by atoms with Crippen LogP contribution < -0.4 is 0 Å². The zero-order chi connectivity index (χ0) is 27.3. The maximum Gasteiger partial charge on any atom is 0.214 e. The second-order valence-corrected chi connectivity index (χ2v) is 12.9. The third-order valence-corrected chi connectivity index (χ3v) is 9.25. The third kappa shape index (κ3) is 25.0. The molecular weight excluding hydrogens is 478 g/mol. The summed E-state index contributed by atoms with van der Waals surface area (Å²) in [6, 6.07) is 4.42. The molecule has 0 aliphatic rings. The largest absolute Gasteiger partial charge is 0.214 e. The number of rotatable bonds is 29. The van der Waals surface area contributed by atoms with Gasteiger partial charge in [0.05, 0.1) is 17.9 Å². The second-order valence-electron chi connectivity index (χ2n) is 10.8. The van der Waals surface area contributed by atoms with Crippen molar-refractivity contribution in [1.82, 2.24) is 4.31 Å². The molecule has 37 heavy (non-hydrogen) atoms. The van der Waals surface area contributed by atoms with Crippen molar-refractivity contribution in [3.05, 3.63) is 0 Å². The summed E-state index contributed by atoms with van der Waals surface area (Å²) in [4.78, 5) is 0. The van der Waals surface area contributed by atoms with Gasteiger partial charge in [0.1, 0.15) is 0 Å². The molecule has 0 bridgehead atoms. The standard InChI is InChI=1S/C31H59N3O2S/c1-2-3-4-5-16-21-26-31-37(35,36)34(29-24-19-14-10-6-8-12-17-22-27-32)30-25-20-15-11-7-9-13-18-23-28-33/h2-26,29-31H2,1H3. The zero-order valence-electron chi connectivity index (χ0n) is 24.4. The highest BCUT2D eigenvalue weighted by Gasteiger charge is 2.20. The first kappa shape index (κ1) is 35.9. The Balaban J connectivity index is 4.26. The minimum atomic E-state index is -3.16. The number of hydrogen-bond donors (Lipinski definition) is 0. The van der Waals surface area contributed by atoms with Gasteiger partial charge < -0.3 is 0 Å². The van der Waals surface area contributed by atoms with Crippen LogP contribution in [0.5, 0.6) is 0 Å². The maximum absolute atomic E-state index is 13.1. The summed E-state index contributed by atoms with van der Waals surface area (Å²) >= 11 is 0. The van der Waals surface area contributed by atoms with Gasteiger partial charge in [-0.1, -0.05) is 122 Å². The Bertz CT molecular complexity index is 633. The molecule has 0 aliphatic carbocycles. The van der Waals surface area contributed by atoms with E-state index in [1.807, 2.05) is 4.31 Å². The molecule has 5 nitrogen and oxygen atoms in total. The fourth-order valence-electron chi connectivity index (χ4n) is 4.87. The van der Waals surface area contributed by atoms with Crippen molar-refractivity contribution in [2.75, 3.05) is 18.8 Å². The number of nitriles is 2. The molecule has 0 spiro atoms. The van der Waals surface area contributed by atoms with Crippen LogP contribution in [0.4, 0.5) is 0 Å². The van der Waals surface area contributed by atoms with Crippen molar-refractivity contribution >= 4 is 10.0 Å². The molecule has 0 fully saturated rings. The zero-order valence-corrected chi connectivity index (χ0v) is 25.2. The lowest BCUT2D eigenvalue weighted by Crippen LogP contribution is -2.35.